The second-order valence-corrected chi connectivity index (χ2v) is 6.57. The third-order valence-corrected chi connectivity index (χ3v) is 4.62. The maximum absolute atomic E-state index is 11.1. The van der Waals surface area contributed by atoms with Crippen LogP contribution in [0.4, 0.5) is 0 Å². The zero-order valence-corrected chi connectivity index (χ0v) is 19.0. The summed E-state index contributed by atoms with van der Waals surface area (Å²) in [5, 5.41) is 6.60. The molecule has 0 bridgehead atoms. The Bertz CT molecular complexity index is 981. The molecule has 154 valence electrons. The summed E-state index contributed by atoms with van der Waals surface area (Å²) >= 11 is 0. The molecular weight excluding hydrogens is 479 g/mol. The third-order valence-electron chi connectivity index (χ3n) is 4.62. The second kappa shape index (κ2) is 10.8. The molecule has 0 atom stereocenters. The van der Waals surface area contributed by atoms with E-state index in [1.807, 2.05) is 37.3 Å². The summed E-state index contributed by atoms with van der Waals surface area (Å²) in [6, 6.07) is 15.4. The average Bonchev–Trinajstić information content (AvgIpc) is 3.03. The summed E-state index contributed by atoms with van der Waals surface area (Å²) in [5.41, 5.74) is 9.02. The van der Waals surface area contributed by atoms with Crippen LogP contribution in [0, 0.1) is 6.92 Å². The highest BCUT2D eigenvalue weighted by molar-refractivity contribution is 14.0. The number of benzene rings is 2. The number of nitrogens with two attached hydrogens (primary N) is 1. The lowest BCUT2D eigenvalue weighted by Gasteiger charge is -2.13. The normalized spacial score (nSPS) is 11.2. The fourth-order valence-corrected chi connectivity index (χ4v) is 3.12. The number of carbonyl (C=O) groups is 1. The number of halogens is 1. The molecule has 8 heteroatoms. The zero-order valence-electron chi connectivity index (χ0n) is 16.7. The fraction of sp³-hybridized carbons (Fsp3) is 0.286. The molecule has 0 radical (unpaired) electrons. The summed E-state index contributed by atoms with van der Waals surface area (Å²) in [6.45, 7) is 4.35. The van der Waals surface area contributed by atoms with Crippen LogP contribution in [0.25, 0.3) is 11.0 Å². The molecule has 4 N–H and O–H groups in total. The molecule has 0 aliphatic heterocycles. The molecule has 3 rings (SSSR count). The van der Waals surface area contributed by atoms with Crippen LogP contribution < -0.4 is 16.4 Å². The first-order chi connectivity index (χ1) is 13.6. The first-order valence-electron chi connectivity index (χ1n) is 9.33. The average molecular weight is 506 g/mol. The number of guanidine groups is 1. The zero-order chi connectivity index (χ0) is 19.9. The monoisotopic (exact) mass is 506 g/mol. The molecular formula is C21H27IN6O. The number of hydrogen-bond donors (Lipinski definition) is 3. The summed E-state index contributed by atoms with van der Waals surface area (Å²) < 4.78 is 2.24. The van der Waals surface area contributed by atoms with Gasteiger partial charge in [-0.1, -0.05) is 24.3 Å². The Hall–Kier alpha value is -2.62. The van der Waals surface area contributed by atoms with Gasteiger partial charge in [0, 0.05) is 32.2 Å². The molecule has 1 aromatic heterocycles. The van der Waals surface area contributed by atoms with E-state index in [-0.39, 0.29) is 24.0 Å². The van der Waals surface area contributed by atoms with Crippen LogP contribution >= 0.6 is 24.0 Å². The number of primary amides is 1. The number of aryl methyl sites for hydroxylation is 2. The SMILES string of the molecule is CN=C(NCCCn1c(C)nc2ccccc21)NCc1ccc(C(N)=O)cc1.I. The largest absolute Gasteiger partial charge is 0.366 e. The highest BCUT2D eigenvalue weighted by Gasteiger charge is 2.06. The lowest BCUT2D eigenvalue weighted by Crippen LogP contribution is -2.37. The number of aromatic nitrogens is 2. The molecule has 0 aliphatic carbocycles. The number of amides is 1. The number of fused-ring (bicyclic) bond motifs is 1. The van der Waals surface area contributed by atoms with Crippen molar-refractivity contribution in [3.05, 3.63) is 65.5 Å². The van der Waals surface area contributed by atoms with Crippen LogP contribution in [0.5, 0.6) is 0 Å². The van der Waals surface area contributed by atoms with E-state index in [4.69, 9.17) is 5.73 Å². The van der Waals surface area contributed by atoms with Gasteiger partial charge in [0.2, 0.25) is 5.91 Å². The number of aliphatic imine (C=N–C) groups is 1. The molecule has 1 heterocycles. The van der Waals surface area contributed by atoms with Gasteiger partial charge in [0.1, 0.15) is 5.82 Å². The minimum absolute atomic E-state index is 0. The predicted octanol–water partition coefficient (Wildman–Crippen LogP) is 2.82. The number of rotatable bonds is 7. The van der Waals surface area contributed by atoms with Crippen LogP contribution in [-0.2, 0) is 13.1 Å². The molecule has 3 aromatic rings. The molecule has 0 saturated heterocycles. The van der Waals surface area contributed by atoms with Gasteiger partial charge in [-0.2, -0.15) is 0 Å². The lowest BCUT2D eigenvalue weighted by molar-refractivity contribution is 0.100. The van der Waals surface area contributed by atoms with Crippen LogP contribution in [0.2, 0.25) is 0 Å². The number of nitrogens with zero attached hydrogens (tertiary/aromatic N) is 3. The molecule has 2 aromatic carbocycles. The number of para-hydroxylation sites is 2. The summed E-state index contributed by atoms with van der Waals surface area (Å²) in [4.78, 5) is 20.0. The van der Waals surface area contributed by atoms with Gasteiger partial charge in [-0.25, -0.2) is 4.98 Å². The van der Waals surface area contributed by atoms with Crippen LogP contribution in [0.15, 0.2) is 53.5 Å². The van der Waals surface area contributed by atoms with Crippen molar-refractivity contribution in [2.24, 2.45) is 10.7 Å². The summed E-state index contributed by atoms with van der Waals surface area (Å²) in [6.07, 6.45) is 0.954. The molecule has 1 amide bonds. The summed E-state index contributed by atoms with van der Waals surface area (Å²) in [7, 11) is 1.75. The van der Waals surface area contributed by atoms with E-state index < -0.39 is 5.91 Å². The van der Waals surface area contributed by atoms with Gasteiger partial charge < -0.3 is 20.9 Å². The summed E-state index contributed by atoms with van der Waals surface area (Å²) in [5.74, 6) is 1.35. The quantitative estimate of drug-likeness (QED) is 0.199. The van der Waals surface area contributed by atoms with Gasteiger partial charge in [-0.05, 0) is 43.2 Å². The van der Waals surface area contributed by atoms with Crippen molar-refractivity contribution in [1.29, 1.82) is 0 Å². The van der Waals surface area contributed by atoms with Crippen molar-refractivity contribution >= 4 is 46.9 Å². The van der Waals surface area contributed by atoms with E-state index in [9.17, 15) is 4.79 Å². The van der Waals surface area contributed by atoms with E-state index in [1.54, 1.807) is 19.2 Å². The molecule has 0 spiro atoms. The molecule has 0 unspecified atom stereocenters. The standard InChI is InChI=1S/C21H26N6O.HI/c1-15-26-18-6-3-4-7-19(18)27(15)13-5-12-24-21(23-2)25-14-16-8-10-17(11-9-16)20(22)28;/h3-4,6-11H,5,12-14H2,1-2H3,(H2,22,28)(H2,23,24,25);1H. The first kappa shape index (κ1) is 22.7. The third kappa shape index (κ3) is 5.93. The van der Waals surface area contributed by atoms with E-state index in [1.165, 1.54) is 5.52 Å². The minimum Gasteiger partial charge on any atom is -0.366 e. The van der Waals surface area contributed by atoms with Crippen molar-refractivity contribution in [1.82, 2.24) is 20.2 Å². The Morgan fingerprint density at radius 2 is 1.86 bits per heavy atom. The lowest BCUT2D eigenvalue weighted by atomic mass is 10.1. The number of hydrogen-bond acceptors (Lipinski definition) is 3. The number of nitrogens with one attached hydrogen (secondary N) is 2. The maximum atomic E-state index is 11.1. The topological polar surface area (TPSA) is 97.3 Å². The van der Waals surface area contributed by atoms with Gasteiger partial charge >= 0.3 is 0 Å². The van der Waals surface area contributed by atoms with Crippen molar-refractivity contribution in [2.75, 3.05) is 13.6 Å². The highest BCUT2D eigenvalue weighted by Crippen LogP contribution is 2.15. The maximum Gasteiger partial charge on any atom is 0.248 e. The molecule has 0 saturated carbocycles. The van der Waals surface area contributed by atoms with Gasteiger partial charge in [0.15, 0.2) is 5.96 Å². The van der Waals surface area contributed by atoms with Crippen molar-refractivity contribution in [2.45, 2.75) is 26.4 Å². The van der Waals surface area contributed by atoms with E-state index in [2.05, 4.69) is 31.2 Å². The van der Waals surface area contributed by atoms with E-state index in [0.717, 1.165) is 42.4 Å². The minimum atomic E-state index is -0.419. The van der Waals surface area contributed by atoms with Gasteiger partial charge in [0.25, 0.3) is 0 Å². The van der Waals surface area contributed by atoms with Gasteiger partial charge in [-0.3, -0.25) is 9.79 Å². The predicted molar refractivity (Wildman–Crippen MR) is 128 cm³/mol. The van der Waals surface area contributed by atoms with E-state index in [0.29, 0.717) is 12.1 Å². The first-order valence-corrected chi connectivity index (χ1v) is 9.33. The molecule has 7 nitrogen and oxygen atoms in total. The Kier molecular flexibility index (Phi) is 8.44. The number of carbonyl (C=O) groups excluding carboxylic acids is 1. The molecule has 0 fully saturated rings. The van der Waals surface area contributed by atoms with Crippen molar-refractivity contribution < 1.29 is 4.79 Å². The van der Waals surface area contributed by atoms with Gasteiger partial charge in [0.05, 0.1) is 11.0 Å². The van der Waals surface area contributed by atoms with Crippen LogP contribution in [0.1, 0.15) is 28.2 Å². The van der Waals surface area contributed by atoms with Crippen molar-refractivity contribution in [3.8, 4) is 0 Å². The van der Waals surface area contributed by atoms with Crippen LogP contribution in [0.3, 0.4) is 0 Å². The Morgan fingerprint density at radius 3 is 2.55 bits per heavy atom. The fourth-order valence-electron chi connectivity index (χ4n) is 3.12. The van der Waals surface area contributed by atoms with Crippen molar-refractivity contribution in [3.63, 3.8) is 0 Å². The smallest absolute Gasteiger partial charge is 0.248 e. The Labute approximate surface area is 187 Å². The number of imidazole rings is 1. The molecule has 0 aliphatic rings. The van der Waals surface area contributed by atoms with E-state index >= 15 is 0 Å². The Morgan fingerprint density at radius 1 is 1.14 bits per heavy atom. The molecule has 29 heavy (non-hydrogen) atoms. The second-order valence-electron chi connectivity index (χ2n) is 6.57. The van der Waals surface area contributed by atoms with Gasteiger partial charge in [-0.15, -0.1) is 24.0 Å². The Balaban J connectivity index is 0.00000300. The van der Waals surface area contributed by atoms with Crippen LogP contribution in [-0.4, -0.2) is 35.0 Å². The highest BCUT2D eigenvalue weighted by atomic mass is 127.